The maximum atomic E-state index is 6.27. The lowest BCUT2D eigenvalue weighted by Gasteiger charge is -2.39. The molecule has 0 N–H and O–H groups in total. The van der Waals surface area contributed by atoms with Crippen molar-refractivity contribution < 1.29 is 4.74 Å². The molecule has 2 heteroatoms. The number of rotatable bonds is 9. The molecule has 1 aliphatic heterocycles. The van der Waals surface area contributed by atoms with Gasteiger partial charge in [-0.05, 0) is 55.4 Å². The zero-order valence-corrected chi connectivity index (χ0v) is 16.0. The summed E-state index contributed by atoms with van der Waals surface area (Å²) in [4.78, 5) is 0. The number of unbranched alkanes of at least 4 members (excludes halogenated alkanes) is 1. The Kier molecular flexibility index (Phi) is 7.01. The van der Waals surface area contributed by atoms with Gasteiger partial charge in [0.2, 0.25) is 0 Å². The lowest BCUT2D eigenvalue weighted by molar-refractivity contribution is -0.00866. The first-order valence-electron chi connectivity index (χ1n) is 9.63. The van der Waals surface area contributed by atoms with Crippen LogP contribution in [0.15, 0.2) is 60.7 Å². The quantitative estimate of drug-likeness (QED) is 0.446. The lowest BCUT2D eigenvalue weighted by atomic mass is 9.68. The van der Waals surface area contributed by atoms with Crippen LogP contribution in [-0.2, 0) is 17.6 Å². The van der Waals surface area contributed by atoms with Crippen LogP contribution < -0.4 is 0 Å². The van der Waals surface area contributed by atoms with E-state index in [0.29, 0.717) is 6.10 Å². The molecule has 2 aromatic rings. The third-order valence-corrected chi connectivity index (χ3v) is 5.81. The first-order chi connectivity index (χ1) is 12.3. The molecule has 25 heavy (non-hydrogen) atoms. The topological polar surface area (TPSA) is 9.23 Å². The van der Waals surface area contributed by atoms with E-state index >= 15 is 0 Å². The summed E-state index contributed by atoms with van der Waals surface area (Å²) in [5, 5.41) is 0. The Labute approximate surface area is 158 Å². The normalized spacial score (nSPS) is 17.7. The van der Waals surface area contributed by atoms with Crippen molar-refractivity contribution in [2.75, 3.05) is 12.4 Å². The molecule has 0 aliphatic carbocycles. The van der Waals surface area contributed by atoms with Gasteiger partial charge in [-0.2, -0.15) is 12.6 Å². The average molecular weight is 355 g/mol. The van der Waals surface area contributed by atoms with Crippen LogP contribution in [0.25, 0.3) is 0 Å². The van der Waals surface area contributed by atoms with Crippen molar-refractivity contribution in [1.29, 1.82) is 0 Å². The van der Waals surface area contributed by atoms with Gasteiger partial charge in [0.15, 0.2) is 0 Å². The van der Waals surface area contributed by atoms with Crippen molar-refractivity contribution in [1.82, 2.24) is 0 Å². The standard InChI is InChI=1S/C23H30OS/c25-17-8-7-15-23(22-14-9-16-24-22,18-20-10-3-1-4-11-20)19-21-12-5-2-6-13-21/h1-6,10-13,22,25H,7-9,14-19H2. The highest BCUT2D eigenvalue weighted by molar-refractivity contribution is 7.80. The zero-order chi connectivity index (χ0) is 17.4. The number of hydrogen-bond donors (Lipinski definition) is 1. The van der Waals surface area contributed by atoms with Crippen molar-refractivity contribution in [3.05, 3.63) is 71.8 Å². The summed E-state index contributed by atoms with van der Waals surface area (Å²) >= 11 is 4.43. The maximum Gasteiger partial charge on any atom is 0.0638 e. The van der Waals surface area contributed by atoms with Crippen molar-refractivity contribution in [2.45, 2.75) is 51.0 Å². The summed E-state index contributed by atoms with van der Waals surface area (Å²) in [6, 6.07) is 21.9. The fraction of sp³-hybridized carbons (Fsp3) is 0.478. The molecule has 1 saturated heterocycles. The minimum atomic E-state index is 0.183. The highest BCUT2D eigenvalue weighted by Crippen LogP contribution is 2.42. The molecule has 0 radical (unpaired) electrons. The minimum absolute atomic E-state index is 0.183. The highest BCUT2D eigenvalue weighted by Gasteiger charge is 2.40. The van der Waals surface area contributed by atoms with Crippen LogP contribution in [0, 0.1) is 5.41 Å². The second-order valence-electron chi connectivity index (χ2n) is 7.37. The number of benzene rings is 2. The number of thiol groups is 1. The molecule has 1 atom stereocenters. The first kappa shape index (κ1) is 18.5. The van der Waals surface area contributed by atoms with E-state index in [2.05, 4.69) is 73.3 Å². The van der Waals surface area contributed by atoms with Crippen LogP contribution in [0.3, 0.4) is 0 Å². The Morgan fingerprint density at radius 2 is 1.48 bits per heavy atom. The van der Waals surface area contributed by atoms with E-state index in [1.165, 1.54) is 43.2 Å². The molecule has 1 aliphatic rings. The van der Waals surface area contributed by atoms with E-state index in [1.54, 1.807) is 0 Å². The molecule has 2 aromatic carbocycles. The van der Waals surface area contributed by atoms with Gasteiger partial charge in [0.05, 0.1) is 6.10 Å². The Bertz CT molecular complexity index is 563. The third kappa shape index (κ3) is 5.12. The largest absolute Gasteiger partial charge is 0.378 e. The van der Waals surface area contributed by atoms with Gasteiger partial charge in [-0.3, -0.25) is 0 Å². The van der Waals surface area contributed by atoms with E-state index in [4.69, 9.17) is 4.74 Å². The van der Waals surface area contributed by atoms with Crippen LogP contribution in [0.1, 0.15) is 43.2 Å². The first-order valence-corrected chi connectivity index (χ1v) is 10.3. The van der Waals surface area contributed by atoms with E-state index in [0.717, 1.165) is 25.2 Å². The lowest BCUT2D eigenvalue weighted by Crippen LogP contribution is -2.39. The molecular formula is C23H30OS. The Morgan fingerprint density at radius 3 is 1.96 bits per heavy atom. The van der Waals surface area contributed by atoms with E-state index < -0.39 is 0 Å². The molecule has 0 aromatic heterocycles. The van der Waals surface area contributed by atoms with Crippen LogP contribution in [-0.4, -0.2) is 18.5 Å². The van der Waals surface area contributed by atoms with Crippen molar-refractivity contribution in [3.63, 3.8) is 0 Å². The fourth-order valence-corrected chi connectivity index (χ4v) is 4.51. The molecule has 134 valence electrons. The fourth-order valence-electron chi connectivity index (χ4n) is 4.28. The van der Waals surface area contributed by atoms with Crippen LogP contribution in [0.5, 0.6) is 0 Å². The molecule has 1 fully saturated rings. The average Bonchev–Trinajstić information content (AvgIpc) is 3.19. The maximum absolute atomic E-state index is 6.27. The minimum Gasteiger partial charge on any atom is -0.378 e. The second-order valence-corrected chi connectivity index (χ2v) is 7.82. The van der Waals surface area contributed by atoms with Crippen LogP contribution >= 0.6 is 12.6 Å². The smallest absolute Gasteiger partial charge is 0.0638 e. The highest BCUT2D eigenvalue weighted by atomic mass is 32.1. The third-order valence-electron chi connectivity index (χ3n) is 5.49. The molecule has 0 spiro atoms. The summed E-state index contributed by atoms with van der Waals surface area (Å²) in [5.41, 5.74) is 3.04. The van der Waals surface area contributed by atoms with Gasteiger partial charge < -0.3 is 4.74 Å². The van der Waals surface area contributed by atoms with E-state index in [9.17, 15) is 0 Å². The van der Waals surface area contributed by atoms with Crippen molar-refractivity contribution >= 4 is 12.6 Å². The number of hydrogen-bond acceptors (Lipinski definition) is 2. The van der Waals surface area contributed by atoms with Gasteiger partial charge >= 0.3 is 0 Å². The van der Waals surface area contributed by atoms with Gasteiger partial charge in [0.1, 0.15) is 0 Å². The molecular weight excluding hydrogens is 324 g/mol. The summed E-state index contributed by atoms with van der Waals surface area (Å²) < 4.78 is 6.27. The van der Waals surface area contributed by atoms with E-state index in [-0.39, 0.29) is 5.41 Å². The Balaban J connectivity index is 1.89. The summed E-state index contributed by atoms with van der Waals surface area (Å²) in [5.74, 6) is 0.971. The zero-order valence-electron chi connectivity index (χ0n) is 15.1. The second kappa shape index (κ2) is 9.45. The Hall–Kier alpha value is -1.25. The van der Waals surface area contributed by atoms with Gasteiger partial charge in [0, 0.05) is 12.0 Å². The molecule has 0 bridgehead atoms. The molecule has 0 amide bonds. The van der Waals surface area contributed by atoms with Crippen molar-refractivity contribution in [3.8, 4) is 0 Å². The predicted octanol–water partition coefficient (Wildman–Crippen LogP) is 5.74. The summed E-state index contributed by atoms with van der Waals surface area (Å²) in [6.07, 6.45) is 8.57. The van der Waals surface area contributed by atoms with Crippen molar-refractivity contribution in [2.24, 2.45) is 5.41 Å². The SMILES string of the molecule is SCCCCC(Cc1ccccc1)(Cc1ccccc1)C1CCCO1. The summed E-state index contributed by atoms with van der Waals surface area (Å²) in [6.45, 7) is 0.919. The van der Waals surface area contributed by atoms with Gasteiger partial charge in [-0.15, -0.1) is 0 Å². The van der Waals surface area contributed by atoms with Crippen LogP contribution in [0.2, 0.25) is 0 Å². The van der Waals surface area contributed by atoms with Gasteiger partial charge in [-0.1, -0.05) is 67.1 Å². The predicted molar refractivity (Wildman–Crippen MR) is 109 cm³/mol. The molecule has 3 rings (SSSR count). The molecule has 0 saturated carbocycles. The summed E-state index contributed by atoms with van der Waals surface area (Å²) in [7, 11) is 0. The monoisotopic (exact) mass is 354 g/mol. The van der Waals surface area contributed by atoms with E-state index in [1.807, 2.05) is 0 Å². The Morgan fingerprint density at radius 1 is 0.880 bits per heavy atom. The number of ether oxygens (including phenoxy) is 1. The molecule has 1 nitrogen and oxygen atoms in total. The molecule has 1 unspecified atom stereocenters. The van der Waals surface area contributed by atoms with Gasteiger partial charge in [-0.25, -0.2) is 0 Å². The van der Waals surface area contributed by atoms with Gasteiger partial charge in [0.25, 0.3) is 0 Å². The molecule has 1 heterocycles. The van der Waals surface area contributed by atoms with Crippen LogP contribution in [0.4, 0.5) is 0 Å².